The van der Waals surface area contributed by atoms with Crippen molar-refractivity contribution >= 4 is 5.97 Å². The van der Waals surface area contributed by atoms with E-state index >= 15 is 0 Å². The van der Waals surface area contributed by atoms with E-state index in [0.717, 1.165) is 18.4 Å². The van der Waals surface area contributed by atoms with Gasteiger partial charge >= 0.3 is 5.97 Å². The van der Waals surface area contributed by atoms with Crippen LogP contribution in [0.4, 0.5) is 0 Å². The van der Waals surface area contributed by atoms with Crippen LogP contribution in [0.15, 0.2) is 30.3 Å². The monoisotopic (exact) mass is 291 g/mol. The number of rotatable bonds is 7. The summed E-state index contributed by atoms with van der Waals surface area (Å²) in [6.45, 7) is 2.84. The minimum Gasteiger partial charge on any atom is -0.466 e. The second-order valence-electron chi connectivity index (χ2n) is 5.55. The Morgan fingerprint density at radius 1 is 1.24 bits per heavy atom. The lowest BCUT2D eigenvalue weighted by Gasteiger charge is -2.31. The fourth-order valence-electron chi connectivity index (χ4n) is 2.85. The Balaban J connectivity index is 1.77. The molecule has 1 aromatic carbocycles. The number of hydroxylamine groups is 1. The van der Waals surface area contributed by atoms with E-state index in [-0.39, 0.29) is 12.0 Å². The van der Waals surface area contributed by atoms with Gasteiger partial charge in [0.25, 0.3) is 0 Å². The largest absolute Gasteiger partial charge is 0.466 e. The lowest BCUT2D eigenvalue weighted by atomic mass is 9.83. The highest BCUT2D eigenvalue weighted by Crippen LogP contribution is 2.27. The zero-order valence-corrected chi connectivity index (χ0v) is 12.7. The SMILES string of the molecule is CCOC(=O)C[C@@H]1CCCC[C@@H]1NOCc1ccccc1. The summed E-state index contributed by atoms with van der Waals surface area (Å²) < 4.78 is 5.06. The Bertz CT molecular complexity index is 421. The quantitative estimate of drug-likeness (QED) is 0.619. The first kappa shape index (κ1) is 16.0. The summed E-state index contributed by atoms with van der Waals surface area (Å²) in [6.07, 6.45) is 4.97. The number of ether oxygens (including phenoxy) is 1. The topological polar surface area (TPSA) is 47.6 Å². The zero-order chi connectivity index (χ0) is 14.9. The number of hydrogen-bond acceptors (Lipinski definition) is 4. The van der Waals surface area contributed by atoms with Gasteiger partial charge in [-0.3, -0.25) is 9.63 Å². The molecule has 0 aliphatic heterocycles. The van der Waals surface area contributed by atoms with Crippen LogP contribution >= 0.6 is 0 Å². The van der Waals surface area contributed by atoms with Gasteiger partial charge in [0.05, 0.1) is 13.2 Å². The van der Waals surface area contributed by atoms with Crippen molar-refractivity contribution in [2.45, 2.75) is 51.7 Å². The summed E-state index contributed by atoms with van der Waals surface area (Å²) in [4.78, 5) is 17.3. The lowest BCUT2D eigenvalue weighted by Crippen LogP contribution is -2.39. The summed E-state index contributed by atoms with van der Waals surface area (Å²) in [5.41, 5.74) is 4.30. The summed E-state index contributed by atoms with van der Waals surface area (Å²) in [5.74, 6) is 0.216. The Morgan fingerprint density at radius 3 is 2.76 bits per heavy atom. The zero-order valence-electron chi connectivity index (χ0n) is 12.7. The van der Waals surface area contributed by atoms with Crippen molar-refractivity contribution < 1.29 is 14.4 Å². The van der Waals surface area contributed by atoms with Gasteiger partial charge in [-0.15, -0.1) is 0 Å². The second-order valence-corrected chi connectivity index (χ2v) is 5.55. The summed E-state index contributed by atoms with van der Waals surface area (Å²) in [7, 11) is 0. The fourth-order valence-corrected chi connectivity index (χ4v) is 2.85. The molecule has 0 bridgehead atoms. The first-order valence-corrected chi connectivity index (χ1v) is 7.86. The molecule has 1 saturated carbocycles. The first-order valence-electron chi connectivity index (χ1n) is 7.86. The molecular weight excluding hydrogens is 266 g/mol. The van der Waals surface area contributed by atoms with Gasteiger partial charge in [-0.05, 0) is 31.2 Å². The van der Waals surface area contributed by atoms with Crippen LogP contribution in [0.25, 0.3) is 0 Å². The van der Waals surface area contributed by atoms with E-state index in [2.05, 4.69) is 5.48 Å². The third-order valence-corrected chi connectivity index (χ3v) is 3.96. The molecule has 0 unspecified atom stereocenters. The van der Waals surface area contributed by atoms with Crippen LogP contribution in [0, 0.1) is 5.92 Å². The molecule has 0 amide bonds. The van der Waals surface area contributed by atoms with Crippen molar-refractivity contribution in [2.75, 3.05) is 6.61 Å². The molecule has 21 heavy (non-hydrogen) atoms. The van der Waals surface area contributed by atoms with E-state index < -0.39 is 0 Å². The Labute approximate surface area is 126 Å². The average Bonchev–Trinajstić information content (AvgIpc) is 2.50. The van der Waals surface area contributed by atoms with Crippen molar-refractivity contribution in [3.8, 4) is 0 Å². The minimum atomic E-state index is -0.0979. The summed E-state index contributed by atoms with van der Waals surface area (Å²) in [5, 5.41) is 0. The predicted octanol–water partition coefficient (Wildman–Crippen LogP) is 3.22. The average molecular weight is 291 g/mol. The molecule has 0 spiro atoms. The van der Waals surface area contributed by atoms with Crippen molar-refractivity contribution in [1.29, 1.82) is 0 Å². The van der Waals surface area contributed by atoms with E-state index in [4.69, 9.17) is 9.57 Å². The molecule has 1 N–H and O–H groups in total. The maximum atomic E-state index is 11.7. The fraction of sp³-hybridized carbons (Fsp3) is 0.588. The first-order chi connectivity index (χ1) is 10.3. The molecule has 4 nitrogen and oxygen atoms in total. The summed E-state index contributed by atoms with van der Waals surface area (Å²) in [6, 6.07) is 10.3. The Morgan fingerprint density at radius 2 is 2.00 bits per heavy atom. The van der Waals surface area contributed by atoms with Crippen molar-refractivity contribution in [2.24, 2.45) is 5.92 Å². The van der Waals surface area contributed by atoms with Crippen LogP contribution in [0.3, 0.4) is 0 Å². The van der Waals surface area contributed by atoms with Crippen LogP contribution in [0.1, 0.15) is 44.6 Å². The van der Waals surface area contributed by atoms with E-state index in [1.807, 2.05) is 37.3 Å². The highest BCUT2D eigenvalue weighted by atomic mass is 16.6. The van der Waals surface area contributed by atoms with E-state index in [9.17, 15) is 4.79 Å². The molecule has 1 aliphatic carbocycles. The number of benzene rings is 1. The molecular formula is C17H25NO3. The van der Waals surface area contributed by atoms with E-state index in [1.165, 1.54) is 12.8 Å². The van der Waals surface area contributed by atoms with Gasteiger partial charge in [-0.25, -0.2) is 0 Å². The van der Waals surface area contributed by atoms with E-state index in [0.29, 0.717) is 25.6 Å². The van der Waals surface area contributed by atoms with Crippen molar-refractivity contribution in [1.82, 2.24) is 5.48 Å². The van der Waals surface area contributed by atoms with Crippen LogP contribution < -0.4 is 5.48 Å². The van der Waals surface area contributed by atoms with Crippen LogP contribution in [0.5, 0.6) is 0 Å². The number of carbonyl (C=O) groups is 1. The molecule has 0 heterocycles. The Hall–Kier alpha value is -1.39. The lowest BCUT2D eigenvalue weighted by molar-refractivity contribution is -0.145. The van der Waals surface area contributed by atoms with Gasteiger partial charge in [0.2, 0.25) is 0 Å². The molecule has 0 radical (unpaired) electrons. The molecule has 2 rings (SSSR count). The highest BCUT2D eigenvalue weighted by molar-refractivity contribution is 5.69. The molecule has 116 valence electrons. The number of hydrogen-bond donors (Lipinski definition) is 1. The minimum absolute atomic E-state index is 0.0979. The van der Waals surface area contributed by atoms with E-state index in [1.54, 1.807) is 0 Å². The maximum absolute atomic E-state index is 11.7. The Kier molecular flexibility index (Phi) is 6.70. The normalized spacial score (nSPS) is 22.0. The predicted molar refractivity (Wildman–Crippen MR) is 81.4 cm³/mol. The molecule has 2 atom stereocenters. The summed E-state index contributed by atoms with van der Waals surface area (Å²) >= 11 is 0. The third kappa shape index (κ3) is 5.48. The molecule has 1 fully saturated rings. The third-order valence-electron chi connectivity index (χ3n) is 3.96. The molecule has 1 aliphatic rings. The molecule has 0 saturated heterocycles. The van der Waals surface area contributed by atoms with Crippen molar-refractivity contribution in [3.63, 3.8) is 0 Å². The maximum Gasteiger partial charge on any atom is 0.306 e. The van der Waals surface area contributed by atoms with Crippen molar-refractivity contribution in [3.05, 3.63) is 35.9 Å². The van der Waals surface area contributed by atoms with Gasteiger partial charge in [-0.1, -0.05) is 43.2 Å². The number of esters is 1. The number of carbonyl (C=O) groups excluding carboxylic acids is 1. The van der Waals surface area contributed by atoms with Gasteiger partial charge in [0.1, 0.15) is 0 Å². The smallest absolute Gasteiger partial charge is 0.306 e. The van der Waals surface area contributed by atoms with Crippen LogP contribution in [-0.2, 0) is 21.0 Å². The van der Waals surface area contributed by atoms with Crippen LogP contribution in [-0.4, -0.2) is 18.6 Å². The second kappa shape index (κ2) is 8.80. The molecule has 1 aromatic rings. The van der Waals surface area contributed by atoms with Crippen LogP contribution in [0.2, 0.25) is 0 Å². The standard InChI is InChI=1S/C17H25NO3/c1-2-20-17(19)12-15-10-6-7-11-16(15)18-21-13-14-8-4-3-5-9-14/h3-5,8-9,15-16,18H,2,6-7,10-13H2,1H3/t15-,16-/m0/s1. The van der Waals surface area contributed by atoms with Gasteiger partial charge in [0.15, 0.2) is 0 Å². The number of nitrogens with one attached hydrogen (secondary N) is 1. The molecule has 4 heteroatoms. The molecule has 0 aromatic heterocycles. The highest BCUT2D eigenvalue weighted by Gasteiger charge is 2.27. The van der Waals surface area contributed by atoms with Gasteiger partial charge < -0.3 is 4.74 Å². The van der Waals surface area contributed by atoms with Gasteiger partial charge in [0, 0.05) is 12.5 Å². The van der Waals surface area contributed by atoms with Gasteiger partial charge in [-0.2, -0.15) is 5.48 Å².